The third-order valence-electron chi connectivity index (χ3n) is 5.96. The van der Waals surface area contributed by atoms with Crippen LogP contribution in [0.25, 0.3) is 16.9 Å². The van der Waals surface area contributed by atoms with Gasteiger partial charge in [-0.3, -0.25) is 4.79 Å². The molecule has 6 heteroatoms. The SMILES string of the molecule is CCOC(=O)c1cc(-c2ccc(C)c(C)c2)n(-c2ccc(C(=O)N(C)Cc3ccccc3)cc2)n1. The van der Waals surface area contributed by atoms with Crippen molar-refractivity contribution in [3.05, 3.63) is 107 Å². The van der Waals surface area contributed by atoms with Gasteiger partial charge in [-0.05, 0) is 73.9 Å². The number of rotatable bonds is 7. The number of nitrogens with zero attached hydrogens (tertiary/aromatic N) is 3. The van der Waals surface area contributed by atoms with Crippen LogP contribution in [0, 0.1) is 13.8 Å². The minimum Gasteiger partial charge on any atom is -0.461 e. The molecule has 0 aliphatic heterocycles. The van der Waals surface area contributed by atoms with Crippen LogP contribution in [0.5, 0.6) is 0 Å². The van der Waals surface area contributed by atoms with Crippen LogP contribution in [0.4, 0.5) is 0 Å². The highest BCUT2D eigenvalue weighted by Gasteiger charge is 2.19. The molecule has 3 aromatic carbocycles. The number of hydrogen-bond acceptors (Lipinski definition) is 4. The first-order chi connectivity index (χ1) is 16.9. The molecule has 6 nitrogen and oxygen atoms in total. The summed E-state index contributed by atoms with van der Waals surface area (Å²) < 4.78 is 6.89. The fraction of sp³-hybridized carbons (Fsp3) is 0.207. The van der Waals surface area contributed by atoms with Crippen LogP contribution in [0.1, 0.15) is 44.5 Å². The molecule has 0 fully saturated rings. The Hall–Kier alpha value is -4.19. The van der Waals surface area contributed by atoms with E-state index in [1.54, 1.807) is 41.8 Å². The Morgan fingerprint density at radius 1 is 0.914 bits per heavy atom. The molecule has 0 unspecified atom stereocenters. The van der Waals surface area contributed by atoms with Crippen molar-refractivity contribution in [1.82, 2.24) is 14.7 Å². The number of ether oxygens (including phenoxy) is 1. The monoisotopic (exact) mass is 467 g/mol. The van der Waals surface area contributed by atoms with Crippen molar-refractivity contribution < 1.29 is 14.3 Å². The minimum atomic E-state index is -0.467. The summed E-state index contributed by atoms with van der Waals surface area (Å²) in [7, 11) is 1.79. The zero-order chi connectivity index (χ0) is 24.9. The Balaban J connectivity index is 1.65. The molecule has 1 amide bonds. The van der Waals surface area contributed by atoms with Crippen LogP contribution < -0.4 is 0 Å². The van der Waals surface area contributed by atoms with E-state index in [1.165, 1.54) is 5.56 Å². The van der Waals surface area contributed by atoms with Gasteiger partial charge < -0.3 is 9.64 Å². The number of esters is 1. The van der Waals surface area contributed by atoms with E-state index < -0.39 is 5.97 Å². The van der Waals surface area contributed by atoms with Crippen LogP contribution in [-0.2, 0) is 11.3 Å². The van der Waals surface area contributed by atoms with Gasteiger partial charge in [-0.1, -0.05) is 42.5 Å². The summed E-state index contributed by atoms with van der Waals surface area (Å²) in [4.78, 5) is 27.1. The zero-order valence-corrected chi connectivity index (χ0v) is 20.5. The Bertz CT molecular complexity index is 1340. The van der Waals surface area contributed by atoms with Crippen molar-refractivity contribution in [2.75, 3.05) is 13.7 Å². The molecule has 35 heavy (non-hydrogen) atoms. The van der Waals surface area contributed by atoms with Crippen molar-refractivity contribution in [1.29, 1.82) is 0 Å². The van der Waals surface area contributed by atoms with Gasteiger partial charge in [0.05, 0.1) is 18.0 Å². The quantitative estimate of drug-likeness (QED) is 0.332. The number of amides is 1. The molecule has 0 atom stereocenters. The Morgan fingerprint density at radius 3 is 2.29 bits per heavy atom. The van der Waals surface area contributed by atoms with E-state index in [1.807, 2.05) is 48.5 Å². The van der Waals surface area contributed by atoms with E-state index in [-0.39, 0.29) is 18.2 Å². The van der Waals surface area contributed by atoms with Crippen molar-refractivity contribution in [2.24, 2.45) is 0 Å². The molecule has 1 aromatic heterocycles. The zero-order valence-electron chi connectivity index (χ0n) is 20.5. The van der Waals surface area contributed by atoms with Crippen LogP contribution in [-0.4, -0.2) is 40.2 Å². The van der Waals surface area contributed by atoms with E-state index in [2.05, 4.69) is 31.1 Å². The Morgan fingerprint density at radius 2 is 1.63 bits per heavy atom. The normalized spacial score (nSPS) is 10.7. The van der Waals surface area contributed by atoms with Crippen molar-refractivity contribution in [3.8, 4) is 16.9 Å². The lowest BCUT2D eigenvalue weighted by Gasteiger charge is -2.17. The summed E-state index contributed by atoms with van der Waals surface area (Å²) in [6.45, 7) is 6.69. The molecule has 0 aliphatic carbocycles. The van der Waals surface area contributed by atoms with E-state index in [0.29, 0.717) is 12.1 Å². The summed E-state index contributed by atoms with van der Waals surface area (Å²) in [6, 6.07) is 25.0. The van der Waals surface area contributed by atoms with Gasteiger partial charge in [0.15, 0.2) is 5.69 Å². The second-order valence-corrected chi connectivity index (χ2v) is 8.54. The molecule has 0 radical (unpaired) electrons. The summed E-state index contributed by atoms with van der Waals surface area (Å²) in [5, 5.41) is 4.54. The predicted octanol–water partition coefficient (Wildman–Crippen LogP) is 5.61. The summed E-state index contributed by atoms with van der Waals surface area (Å²) in [5.41, 5.74) is 6.69. The average molecular weight is 468 g/mol. The Labute approximate surface area is 205 Å². The molecular weight excluding hydrogens is 438 g/mol. The topological polar surface area (TPSA) is 64.4 Å². The number of carbonyl (C=O) groups is 2. The third kappa shape index (κ3) is 5.32. The number of aryl methyl sites for hydroxylation is 2. The van der Waals surface area contributed by atoms with Gasteiger partial charge in [0, 0.05) is 24.7 Å². The first-order valence-corrected chi connectivity index (χ1v) is 11.6. The van der Waals surface area contributed by atoms with Crippen LogP contribution in [0.15, 0.2) is 78.9 Å². The fourth-order valence-electron chi connectivity index (χ4n) is 3.88. The van der Waals surface area contributed by atoms with Crippen LogP contribution in [0.2, 0.25) is 0 Å². The van der Waals surface area contributed by atoms with Gasteiger partial charge in [0.25, 0.3) is 5.91 Å². The maximum Gasteiger partial charge on any atom is 0.358 e. The summed E-state index contributed by atoms with van der Waals surface area (Å²) in [5.74, 6) is -0.534. The Kier molecular flexibility index (Phi) is 7.11. The second-order valence-electron chi connectivity index (χ2n) is 8.54. The molecule has 0 saturated heterocycles. The molecule has 4 aromatic rings. The van der Waals surface area contributed by atoms with Crippen molar-refractivity contribution >= 4 is 11.9 Å². The van der Waals surface area contributed by atoms with Gasteiger partial charge in [0.2, 0.25) is 0 Å². The molecule has 0 bridgehead atoms. The van der Waals surface area contributed by atoms with E-state index in [0.717, 1.165) is 28.1 Å². The molecule has 1 heterocycles. The minimum absolute atomic E-state index is 0.0672. The maximum absolute atomic E-state index is 13.0. The van der Waals surface area contributed by atoms with Crippen molar-refractivity contribution in [3.63, 3.8) is 0 Å². The van der Waals surface area contributed by atoms with Gasteiger partial charge in [-0.2, -0.15) is 5.10 Å². The van der Waals surface area contributed by atoms with E-state index in [4.69, 9.17) is 4.74 Å². The van der Waals surface area contributed by atoms with Crippen LogP contribution in [0.3, 0.4) is 0 Å². The highest BCUT2D eigenvalue weighted by Crippen LogP contribution is 2.27. The number of benzene rings is 3. The average Bonchev–Trinajstić information content (AvgIpc) is 3.32. The lowest BCUT2D eigenvalue weighted by atomic mass is 10.0. The molecule has 4 rings (SSSR count). The first kappa shape index (κ1) is 24.0. The van der Waals surface area contributed by atoms with Crippen molar-refractivity contribution in [2.45, 2.75) is 27.3 Å². The van der Waals surface area contributed by atoms with E-state index >= 15 is 0 Å². The second kappa shape index (κ2) is 10.4. The van der Waals surface area contributed by atoms with Gasteiger partial charge in [-0.25, -0.2) is 9.48 Å². The smallest absolute Gasteiger partial charge is 0.358 e. The van der Waals surface area contributed by atoms with Gasteiger partial charge in [-0.15, -0.1) is 0 Å². The lowest BCUT2D eigenvalue weighted by molar-refractivity contribution is 0.0518. The highest BCUT2D eigenvalue weighted by molar-refractivity contribution is 5.94. The first-order valence-electron chi connectivity index (χ1n) is 11.6. The molecule has 0 saturated carbocycles. The summed E-state index contributed by atoms with van der Waals surface area (Å²) >= 11 is 0. The lowest BCUT2D eigenvalue weighted by Crippen LogP contribution is -2.26. The fourth-order valence-corrected chi connectivity index (χ4v) is 3.88. The van der Waals surface area contributed by atoms with Crippen LogP contribution >= 0.6 is 0 Å². The third-order valence-corrected chi connectivity index (χ3v) is 5.96. The summed E-state index contributed by atoms with van der Waals surface area (Å²) in [6.07, 6.45) is 0. The van der Waals surface area contributed by atoms with Gasteiger partial charge >= 0.3 is 5.97 Å². The molecule has 178 valence electrons. The highest BCUT2D eigenvalue weighted by atomic mass is 16.5. The van der Waals surface area contributed by atoms with Gasteiger partial charge in [0.1, 0.15) is 0 Å². The largest absolute Gasteiger partial charge is 0.461 e. The number of aromatic nitrogens is 2. The molecule has 0 aliphatic rings. The number of hydrogen-bond donors (Lipinski definition) is 0. The molecule has 0 N–H and O–H groups in total. The molecular formula is C29H29N3O3. The maximum atomic E-state index is 13.0. The molecule has 0 spiro atoms. The number of carbonyl (C=O) groups excluding carboxylic acids is 2. The van der Waals surface area contributed by atoms with E-state index in [9.17, 15) is 9.59 Å². The standard InChI is InChI=1S/C29H29N3O3/c1-5-35-29(34)26-18-27(24-12-11-20(2)21(3)17-24)32(30-26)25-15-13-23(14-16-25)28(33)31(4)19-22-9-7-6-8-10-22/h6-18H,5,19H2,1-4H3. The predicted molar refractivity (Wildman–Crippen MR) is 137 cm³/mol.